The predicted molar refractivity (Wildman–Crippen MR) is 76.6 cm³/mol. The number of carbonyl (C=O) groups excluding carboxylic acids is 1. The zero-order valence-electron chi connectivity index (χ0n) is 11.7. The molecular weight excluding hydrogens is 276 g/mol. The highest BCUT2D eigenvalue weighted by atomic mass is 16.5. The van der Waals surface area contributed by atoms with Gasteiger partial charge in [-0.1, -0.05) is 0 Å². The SMILES string of the molecule is C#CCC(NC(=O)Nc1cc(OC)ccc1OC)C(=O)O. The standard InChI is InChI=1S/C14H16N2O5/c1-4-5-10(13(17)18)15-14(19)16-11-8-9(20-2)6-7-12(11)21-3/h1,6-8,10H,5H2,2-3H3,(H,17,18)(H2,15,16,19). The molecule has 112 valence electrons. The molecule has 0 spiro atoms. The molecule has 0 aliphatic carbocycles. The Morgan fingerprint density at radius 2 is 2.10 bits per heavy atom. The molecule has 0 aromatic heterocycles. The Kier molecular flexibility index (Phi) is 5.89. The maximum absolute atomic E-state index is 11.8. The van der Waals surface area contributed by atoms with Gasteiger partial charge in [0.2, 0.25) is 0 Å². The van der Waals surface area contributed by atoms with Crippen LogP contribution in [0.15, 0.2) is 18.2 Å². The van der Waals surface area contributed by atoms with E-state index in [-0.39, 0.29) is 6.42 Å². The molecule has 0 saturated heterocycles. The number of hydrogen-bond donors (Lipinski definition) is 3. The molecule has 0 fully saturated rings. The second kappa shape index (κ2) is 7.65. The molecular formula is C14H16N2O5. The van der Waals surface area contributed by atoms with Crippen LogP contribution in [0, 0.1) is 12.3 Å². The van der Waals surface area contributed by atoms with E-state index in [1.54, 1.807) is 18.2 Å². The first-order chi connectivity index (χ1) is 10.0. The van der Waals surface area contributed by atoms with Crippen LogP contribution < -0.4 is 20.1 Å². The molecule has 1 aromatic carbocycles. The molecule has 0 saturated carbocycles. The van der Waals surface area contributed by atoms with Gasteiger partial charge in [-0.15, -0.1) is 12.3 Å². The van der Waals surface area contributed by atoms with Crippen LogP contribution in [0.3, 0.4) is 0 Å². The van der Waals surface area contributed by atoms with Crippen molar-refractivity contribution in [2.45, 2.75) is 12.5 Å². The van der Waals surface area contributed by atoms with Crippen molar-refractivity contribution >= 4 is 17.7 Å². The summed E-state index contributed by atoms with van der Waals surface area (Å²) in [5.74, 6) is 1.91. The lowest BCUT2D eigenvalue weighted by molar-refractivity contribution is -0.139. The number of rotatable bonds is 6. The Bertz CT molecular complexity index is 565. The molecule has 0 aliphatic rings. The van der Waals surface area contributed by atoms with Crippen LogP contribution in [-0.2, 0) is 4.79 Å². The minimum Gasteiger partial charge on any atom is -0.497 e. The highest BCUT2D eigenvalue weighted by Crippen LogP contribution is 2.28. The quantitative estimate of drug-likeness (QED) is 0.687. The van der Waals surface area contributed by atoms with Crippen molar-refractivity contribution in [3.8, 4) is 23.8 Å². The minimum absolute atomic E-state index is 0.113. The molecule has 2 amide bonds. The van der Waals surface area contributed by atoms with E-state index >= 15 is 0 Å². The average molecular weight is 292 g/mol. The Labute approximate surface area is 122 Å². The third-order valence-electron chi connectivity index (χ3n) is 2.58. The van der Waals surface area contributed by atoms with Gasteiger partial charge in [-0.2, -0.15) is 0 Å². The fraction of sp³-hybridized carbons (Fsp3) is 0.286. The summed E-state index contributed by atoms with van der Waals surface area (Å²) in [6.45, 7) is 0. The number of aliphatic carboxylic acids is 1. The predicted octanol–water partition coefficient (Wildman–Crippen LogP) is 1.30. The lowest BCUT2D eigenvalue weighted by atomic mass is 10.2. The normalized spacial score (nSPS) is 10.9. The van der Waals surface area contributed by atoms with Crippen LogP contribution in [0.5, 0.6) is 11.5 Å². The third kappa shape index (κ3) is 4.62. The van der Waals surface area contributed by atoms with Crippen LogP contribution in [0.2, 0.25) is 0 Å². The van der Waals surface area contributed by atoms with Gasteiger partial charge in [0, 0.05) is 12.5 Å². The van der Waals surface area contributed by atoms with Gasteiger partial charge in [-0.25, -0.2) is 9.59 Å². The minimum atomic E-state index is -1.21. The number of benzene rings is 1. The number of urea groups is 1. The van der Waals surface area contributed by atoms with E-state index in [9.17, 15) is 9.59 Å². The first-order valence-corrected chi connectivity index (χ1v) is 5.97. The van der Waals surface area contributed by atoms with Crippen molar-refractivity contribution in [1.82, 2.24) is 5.32 Å². The summed E-state index contributed by atoms with van der Waals surface area (Å²) in [5, 5.41) is 13.7. The highest BCUT2D eigenvalue weighted by molar-refractivity contribution is 5.93. The maximum atomic E-state index is 11.8. The van der Waals surface area contributed by atoms with E-state index in [0.29, 0.717) is 17.2 Å². The molecule has 0 bridgehead atoms. The molecule has 7 nitrogen and oxygen atoms in total. The Balaban J connectivity index is 2.82. The van der Waals surface area contributed by atoms with Gasteiger partial charge in [0.15, 0.2) is 0 Å². The summed E-state index contributed by atoms with van der Waals surface area (Å²) in [5.41, 5.74) is 0.346. The first kappa shape index (κ1) is 16.2. The van der Waals surface area contributed by atoms with Gasteiger partial charge in [0.05, 0.1) is 19.9 Å². The van der Waals surface area contributed by atoms with Gasteiger partial charge < -0.3 is 25.2 Å². The summed E-state index contributed by atoms with van der Waals surface area (Å²) >= 11 is 0. The zero-order valence-corrected chi connectivity index (χ0v) is 11.7. The number of nitrogens with one attached hydrogen (secondary N) is 2. The van der Waals surface area contributed by atoms with Crippen LogP contribution in [0.25, 0.3) is 0 Å². The van der Waals surface area contributed by atoms with Gasteiger partial charge in [0.25, 0.3) is 0 Å². The van der Waals surface area contributed by atoms with Gasteiger partial charge in [-0.05, 0) is 12.1 Å². The number of hydrogen-bond acceptors (Lipinski definition) is 4. The number of carbonyl (C=O) groups is 2. The summed E-state index contributed by atoms with van der Waals surface area (Å²) in [7, 11) is 2.93. The van der Waals surface area contributed by atoms with Gasteiger partial charge in [-0.3, -0.25) is 0 Å². The Morgan fingerprint density at radius 1 is 1.38 bits per heavy atom. The molecule has 0 aliphatic heterocycles. The largest absolute Gasteiger partial charge is 0.497 e. The van der Waals surface area contributed by atoms with E-state index < -0.39 is 18.0 Å². The molecule has 21 heavy (non-hydrogen) atoms. The summed E-state index contributed by atoms with van der Waals surface area (Å²) < 4.78 is 10.1. The van der Waals surface area contributed by atoms with E-state index in [1.807, 2.05) is 0 Å². The fourth-order valence-electron chi connectivity index (χ4n) is 1.55. The summed E-state index contributed by atoms with van der Waals surface area (Å²) in [6.07, 6.45) is 4.94. The molecule has 7 heteroatoms. The van der Waals surface area contributed by atoms with Crippen molar-refractivity contribution in [3.05, 3.63) is 18.2 Å². The maximum Gasteiger partial charge on any atom is 0.327 e. The van der Waals surface area contributed by atoms with Crippen LogP contribution in [0.1, 0.15) is 6.42 Å². The second-order valence-electron chi connectivity index (χ2n) is 3.96. The molecule has 1 unspecified atom stereocenters. The number of carboxylic acids is 1. The molecule has 1 atom stereocenters. The molecule has 0 radical (unpaired) electrons. The van der Waals surface area contributed by atoms with Crippen molar-refractivity contribution < 1.29 is 24.2 Å². The monoisotopic (exact) mass is 292 g/mol. The van der Waals surface area contributed by atoms with Crippen molar-refractivity contribution in [3.63, 3.8) is 0 Å². The molecule has 1 aromatic rings. The van der Waals surface area contributed by atoms with Crippen LogP contribution in [-0.4, -0.2) is 37.4 Å². The van der Waals surface area contributed by atoms with E-state index in [2.05, 4.69) is 16.6 Å². The van der Waals surface area contributed by atoms with Crippen LogP contribution >= 0.6 is 0 Å². The van der Waals surface area contributed by atoms with E-state index in [4.69, 9.17) is 21.0 Å². The summed E-state index contributed by atoms with van der Waals surface area (Å²) in [4.78, 5) is 22.7. The summed E-state index contributed by atoms with van der Waals surface area (Å²) in [6, 6.07) is 2.97. The fourth-order valence-corrected chi connectivity index (χ4v) is 1.55. The topological polar surface area (TPSA) is 96.9 Å². The average Bonchev–Trinajstić information content (AvgIpc) is 2.46. The molecule has 3 N–H and O–H groups in total. The zero-order chi connectivity index (χ0) is 15.8. The number of anilines is 1. The number of terminal acetylenes is 1. The van der Waals surface area contributed by atoms with Crippen molar-refractivity contribution in [2.75, 3.05) is 19.5 Å². The van der Waals surface area contributed by atoms with Crippen molar-refractivity contribution in [1.29, 1.82) is 0 Å². The molecule has 0 heterocycles. The number of carboxylic acid groups (broad SMARTS) is 1. The number of amides is 2. The number of ether oxygens (including phenoxy) is 2. The van der Waals surface area contributed by atoms with E-state index in [1.165, 1.54) is 14.2 Å². The van der Waals surface area contributed by atoms with Crippen LogP contribution in [0.4, 0.5) is 10.5 Å². The lowest BCUT2D eigenvalue weighted by Gasteiger charge is -2.15. The Morgan fingerprint density at radius 3 is 2.62 bits per heavy atom. The number of methoxy groups -OCH3 is 2. The second-order valence-corrected chi connectivity index (χ2v) is 3.96. The van der Waals surface area contributed by atoms with Gasteiger partial charge >= 0.3 is 12.0 Å². The smallest absolute Gasteiger partial charge is 0.327 e. The van der Waals surface area contributed by atoms with Crippen molar-refractivity contribution in [2.24, 2.45) is 0 Å². The van der Waals surface area contributed by atoms with E-state index in [0.717, 1.165) is 0 Å². The van der Waals surface area contributed by atoms with Gasteiger partial charge in [0.1, 0.15) is 17.5 Å². The Hall–Kier alpha value is -2.88. The highest BCUT2D eigenvalue weighted by Gasteiger charge is 2.19. The first-order valence-electron chi connectivity index (χ1n) is 5.97. The third-order valence-corrected chi connectivity index (χ3v) is 2.58. The lowest BCUT2D eigenvalue weighted by Crippen LogP contribution is -2.42. The molecule has 1 rings (SSSR count).